The normalized spacial score (nSPS) is 15.3. The molecule has 0 radical (unpaired) electrons. The fourth-order valence-corrected chi connectivity index (χ4v) is 3.17. The van der Waals surface area contributed by atoms with Crippen LogP contribution in [0.3, 0.4) is 0 Å². The van der Waals surface area contributed by atoms with E-state index in [2.05, 4.69) is 27.8 Å². The molecule has 0 spiro atoms. The Balaban J connectivity index is 0.00000385. The summed E-state index contributed by atoms with van der Waals surface area (Å²) in [7, 11) is 0. The number of amides is 3. The first-order valence-corrected chi connectivity index (χ1v) is 10.2. The van der Waals surface area contributed by atoms with Crippen molar-refractivity contribution in [3.63, 3.8) is 0 Å². The second-order valence-electron chi connectivity index (χ2n) is 7.28. The van der Waals surface area contributed by atoms with Crippen LogP contribution in [0.2, 0.25) is 0 Å². The Labute approximate surface area is 193 Å². The first-order chi connectivity index (χ1) is 15.5. The molecule has 9 nitrogen and oxygen atoms in total. The lowest BCUT2D eigenvalue weighted by Gasteiger charge is -2.14. The van der Waals surface area contributed by atoms with Crippen molar-refractivity contribution in [1.82, 2.24) is 16.1 Å². The molecule has 33 heavy (non-hydrogen) atoms. The van der Waals surface area contributed by atoms with Crippen LogP contribution in [-0.4, -0.2) is 48.1 Å². The van der Waals surface area contributed by atoms with Gasteiger partial charge in [-0.1, -0.05) is 19.3 Å². The molecular weight excluding hydrogens is 422 g/mol. The minimum Gasteiger partial charge on any atom is -0.339 e. The van der Waals surface area contributed by atoms with Gasteiger partial charge in [0, 0.05) is 28.9 Å². The molecular formula is C24H29N5O4. The maximum absolute atomic E-state index is 12.2. The molecule has 1 saturated heterocycles. The number of nitrogens with one attached hydrogen (secondary N) is 4. The Hall–Kier alpha value is -3.71. The SMILES string of the molecule is C.NC[C@H](NC(=O)c1ccc(C#Cc2ccc(NC(=O)[C@@H]3CCCN3)cc2)cc1)C(=O)NO. The van der Waals surface area contributed by atoms with E-state index < -0.39 is 17.9 Å². The molecule has 0 aromatic heterocycles. The standard InChI is InChI=1S/C23H25N5O4.CH4/c24-14-20(23(31)28-32)27-21(29)17-9-5-15(6-10-17)3-4-16-7-11-18(12-8-16)26-22(30)19-2-1-13-25-19;/h5-12,19-20,25,32H,1-2,13-14,24H2,(H,26,30)(H,27,29)(H,28,31);1H4/t19-,20-;/m0./s1. The van der Waals surface area contributed by atoms with Crippen molar-refractivity contribution >= 4 is 23.4 Å². The second kappa shape index (κ2) is 12.4. The van der Waals surface area contributed by atoms with Gasteiger partial charge < -0.3 is 21.7 Å². The van der Waals surface area contributed by atoms with E-state index in [1.54, 1.807) is 36.4 Å². The monoisotopic (exact) mass is 451 g/mol. The molecule has 3 rings (SSSR count). The van der Waals surface area contributed by atoms with E-state index in [4.69, 9.17) is 10.9 Å². The van der Waals surface area contributed by atoms with E-state index in [0.717, 1.165) is 30.6 Å². The smallest absolute Gasteiger partial charge is 0.267 e. The van der Waals surface area contributed by atoms with Gasteiger partial charge in [-0.15, -0.1) is 0 Å². The Bertz CT molecular complexity index is 1020. The molecule has 2 aromatic carbocycles. The first-order valence-electron chi connectivity index (χ1n) is 10.2. The topological polar surface area (TPSA) is 146 Å². The molecule has 7 N–H and O–H groups in total. The van der Waals surface area contributed by atoms with Crippen molar-refractivity contribution < 1.29 is 19.6 Å². The number of rotatable bonds is 6. The summed E-state index contributed by atoms with van der Waals surface area (Å²) in [6.07, 6.45) is 1.86. The van der Waals surface area contributed by atoms with Gasteiger partial charge in [0.05, 0.1) is 6.04 Å². The van der Waals surface area contributed by atoms with Crippen LogP contribution in [-0.2, 0) is 9.59 Å². The highest BCUT2D eigenvalue weighted by Gasteiger charge is 2.22. The summed E-state index contributed by atoms with van der Waals surface area (Å²) in [4.78, 5) is 35.8. The first kappa shape index (κ1) is 25.5. The van der Waals surface area contributed by atoms with Gasteiger partial charge in [-0.2, -0.15) is 0 Å². The molecule has 174 valence electrons. The number of hydrogen-bond donors (Lipinski definition) is 6. The van der Waals surface area contributed by atoms with Crippen molar-refractivity contribution in [2.24, 2.45) is 5.73 Å². The number of benzene rings is 2. The van der Waals surface area contributed by atoms with Crippen LogP contribution in [0.1, 0.15) is 41.8 Å². The van der Waals surface area contributed by atoms with E-state index in [1.807, 2.05) is 12.1 Å². The molecule has 1 aliphatic heterocycles. The van der Waals surface area contributed by atoms with Crippen LogP contribution in [0.25, 0.3) is 0 Å². The van der Waals surface area contributed by atoms with Gasteiger partial charge in [0.1, 0.15) is 6.04 Å². The van der Waals surface area contributed by atoms with Crippen molar-refractivity contribution in [1.29, 1.82) is 0 Å². The van der Waals surface area contributed by atoms with Crippen LogP contribution in [0.15, 0.2) is 48.5 Å². The molecule has 0 aliphatic carbocycles. The Morgan fingerprint density at radius 1 is 1.06 bits per heavy atom. The zero-order valence-corrected chi connectivity index (χ0v) is 17.4. The van der Waals surface area contributed by atoms with Gasteiger partial charge in [0.2, 0.25) is 5.91 Å². The van der Waals surface area contributed by atoms with Crippen molar-refractivity contribution in [3.05, 3.63) is 65.2 Å². The molecule has 0 saturated carbocycles. The number of hydrogen-bond acceptors (Lipinski definition) is 6. The molecule has 1 fully saturated rings. The van der Waals surface area contributed by atoms with Crippen LogP contribution >= 0.6 is 0 Å². The van der Waals surface area contributed by atoms with Crippen molar-refractivity contribution in [2.45, 2.75) is 32.4 Å². The van der Waals surface area contributed by atoms with Crippen LogP contribution < -0.4 is 27.2 Å². The second-order valence-corrected chi connectivity index (χ2v) is 7.28. The fraction of sp³-hybridized carbons (Fsp3) is 0.292. The lowest BCUT2D eigenvalue weighted by molar-refractivity contribution is -0.130. The molecule has 9 heteroatoms. The quantitative estimate of drug-likeness (QED) is 0.219. The predicted octanol–water partition coefficient (Wildman–Crippen LogP) is 0.976. The Morgan fingerprint density at radius 2 is 1.67 bits per heavy atom. The van der Waals surface area contributed by atoms with Crippen molar-refractivity contribution in [2.75, 3.05) is 18.4 Å². The predicted molar refractivity (Wildman–Crippen MR) is 125 cm³/mol. The number of anilines is 1. The van der Waals surface area contributed by atoms with E-state index >= 15 is 0 Å². The maximum atomic E-state index is 12.2. The number of carbonyl (C=O) groups excluding carboxylic acids is 3. The molecule has 0 unspecified atom stereocenters. The molecule has 0 bridgehead atoms. The average Bonchev–Trinajstić information content (AvgIpc) is 3.37. The Morgan fingerprint density at radius 3 is 2.18 bits per heavy atom. The van der Waals surface area contributed by atoms with Gasteiger partial charge in [-0.3, -0.25) is 19.6 Å². The Kier molecular flexibility index (Phi) is 9.57. The summed E-state index contributed by atoms with van der Waals surface area (Å²) in [5.74, 6) is 4.74. The molecule has 3 amide bonds. The maximum Gasteiger partial charge on any atom is 0.267 e. The van der Waals surface area contributed by atoms with Gasteiger partial charge >= 0.3 is 0 Å². The largest absolute Gasteiger partial charge is 0.339 e. The van der Waals surface area contributed by atoms with Gasteiger partial charge in [0.25, 0.3) is 11.8 Å². The third-order valence-corrected chi connectivity index (χ3v) is 5.00. The molecule has 1 heterocycles. The van der Waals surface area contributed by atoms with E-state index in [-0.39, 0.29) is 25.9 Å². The van der Waals surface area contributed by atoms with Crippen LogP contribution in [0, 0.1) is 11.8 Å². The number of carbonyl (C=O) groups is 3. The average molecular weight is 452 g/mol. The van der Waals surface area contributed by atoms with Gasteiger partial charge in [-0.25, -0.2) is 5.48 Å². The summed E-state index contributed by atoms with van der Waals surface area (Å²) in [5.41, 5.74) is 9.43. The summed E-state index contributed by atoms with van der Waals surface area (Å²) in [5, 5.41) is 17.2. The summed E-state index contributed by atoms with van der Waals surface area (Å²) < 4.78 is 0. The third-order valence-electron chi connectivity index (χ3n) is 5.00. The lowest BCUT2D eigenvalue weighted by atomic mass is 10.1. The van der Waals surface area contributed by atoms with Crippen molar-refractivity contribution in [3.8, 4) is 11.8 Å². The van der Waals surface area contributed by atoms with Gasteiger partial charge in [0.15, 0.2) is 0 Å². The highest BCUT2D eigenvalue weighted by molar-refractivity contribution is 5.97. The summed E-state index contributed by atoms with van der Waals surface area (Å²) >= 11 is 0. The zero-order valence-electron chi connectivity index (χ0n) is 17.4. The molecule has 2 atom stereocenters. The van der Waals surface area contributed by atoms with Gasteiger partial charge in [-0.05, 0) is 67.9 Å². The lowest BCUT2D eigenvalue weighted by Crippen LogP contribution is -2.50. The minimum absolute atomic E-state index is 0. The highest BCUT2D eigenvalue weighted by Crippen LogP contribution is 2.12. The number of nitrogens with two attached hydrogens (primary N) is 1. The fourth-order valence-electron chi connectivity index (χ4n) is 3.17. The summed E-state index contributed by atoms with van der Waals surface area (Å²) in [6, 6.07) is 12.6. The van der Waals surface area contributed by atoms with E-state index in [1.165, 1.54) is 5.48 Å². The highest BCUT2D eigenvalue weighted by atomic mass is 16.5. The third kappa shape index (κ3) is 7.15. The van der Waals surface area contributed by atoms with Crippen LogP contribution in [0.5, 0.6) is 0 Å². The summed E-state index contributed by atoms with van der Waals surface area (Å²) in [6.45, 7) is 0.717. The van der Waals surface area contributed by atoms with E-state index in [0.29, 0.717) is 11.1 Å². The molecule has 1 aliphatic rings. The van der Waals surface area contributed by atoms with Crippen LogP contribution in [0.4, 0.5) is 5.69 Å². The van der Waals surface area contributed by atoms with E-state index in [9.17, 15) is 14.4 Å². The minimum atomic E-state index is -1.03. The number of hydroxylamine groups is 1. The molecule has 2 aromatic rings. The zero-order chi connectivity index (χ0) is 22.9.